The van der Waals surface area contributed by atoms with Gasteiger partial charge < -0.3 is 9.67 Å². The Kier molecular flexibility index (Phi) is 4.50. The number of carboxylic acid groups (broad SMARTS) is 1. The third kappa shape index (κ3) is 3.30. The molecule has 0 bridgehead atoms. The van der Waals surface area contributed by atoms with Crippen molar-refractivity contribution in [1.82, 2.24) is 4.57 Å². The van der Waals surface area contributed by atoms with Crippen LogP contribution in [0.4, 0.5) is 13.2 Å². The van der Waals surface area contributed by atoms with Gasteiger partial charge >= 0.3 is 5.97 Å². The molecule has 0 aliphatic carbocycles. The number of nitrogens with zero attached hydrogens (tertiary/aromatic N) is 2. The highest BCUT2D eigenvalue weighted by atomic mass is 19.2. The van der Waals surface area contributed by atoms with Crippen LogP contribution < -0.4 is 0 Å². The molecule has 0 saturated carbocycles. The largest absolute Gasteiger partial charge is 0.477 e. The number of aromatic nitrogens is 1. The van der Waals surface area contributed by atoms with E-state index in [1.165, 1.54) is 36.5 Å². The minimum absolute atomic E-state index is 0.111. The van der Waals surface area contributed by atoms with Crippen LogP contribution in [-0.2, 0) is 11.3 Å². The van der Waals surface area contributed by atoms with Gasteiger partial charge in [-0.15, -0.1) is 0 Å². The molecule has 7 heteroatoms. The first-order valence-corrected chi connectivity index (χ1v) is 7.46. The first-order chi connectivity index (χ1) is 12.4. The van der Waals surface area contributed by atoms with E-state index in [-0.39, 0.29) is 6.54 Å². The number of rotatable bonds is 4. The van der Waals surface area contributed by atoms with Crippen LogP contribution in [0, 0.1) is 28.8 Å². The molecule has 3 aromatic rings. The molecule has 1 aromatic heterocycles. The maximum atomic E-state index is 13.7. The lowest BCUT2D eigenvalue weighted by Crippen LogP contribution is -1.99. The summed E-state index contributed by atoms with van der Waals surface area (Å²) < 4.78 is 41.7. The van der Waals surface area contributed by atoms with Crippen LogP contribution in [0.5, 0.6) is 0 Å². The molecule has 3 rings (SSSR count). The smallest absolute Gasteiger partial charge is 0.346 e. The van der Waals surface area contributed by atoms with Gasteiger partial charge in [0.05, 0.1) is 5.52 Å². The highest BCUT2D eigenvalue weighted by Crippen LogP contribution is 2.26. The second-order valence-electron chi connectivity index (χ2n) is 5.60. The Morgan fingerprint density at radius 3 is 2.58 bits per heavy atom. The number of benzene rings is 2. The number of fused-ring (bicyclic) bond motifs is 1. The second kappa shape index (κ2) is 6.76. The molecule has 0 radical (unpaired) electrons. The lowest BCUT2D eigenvalue weighted by atomic mass is 10.1. The molecule has 2 aromatic carbocycles. The van der Waals surface area contributed by atoms with Gasteiger partial charge in [0, 0.05) is 23.7 Å². The van der Waals surface area contributed by atoms with Crippen LogP contribution in [0.1, 0.15) is 11.1 Å². The molecule has 1 heterocycles. The topological polar surface area (TPSA) is 66.0 Å². The van der Waals surface area contributed by atoms with Crippen molar-refractivity contribution in [3.05, 3.63) is 76.7 Å². The van der Waals surface area contributed by atoms with Crippen molar-refractivity contribution in [1.29, 1.82) is 5.26 Å². The van der Waals surface area contributed by atoms with Gasteiger partial charge in [-0.25, -0.2) is 18.0 Å². The fraction of sp³-hybridized carbons (Fsp3) is 0.0526. The predicted octanol–water partition coefficient (Wildman–Crippen LogP) is 4.10. The highest BCUT2D eigenvalue weighted by Gasteiger charge is 2.13. The van der Waals surface area contributed by atoms with Crippen molar-refractivity contribution in [2.75, 3.05) is 0 Å². The average molecular weight is 356 g/mol. The Labute approximate surface area is 146 Å². The van der Waals surface area contributed by atoms with E-state index in [4.69, 9.17) is 10.4 Å². The predicted molar refractivity (Wildman–Crippen MR) is 88.6 cm³/mol. The summed E-state index contributed by atoms with van der Waals surface area (Å²) in [4.78, 5) is 11.1. The van der Waals surface area contributed by atoms with Crippen molar-refractivity contribution >= 4 is 22.9 Å². The van der Waals surface area contributed by atoms with Crippen LogP contribution in [0.15, 0.2) is 48.2 Å². The molecule has 0 aliphatic heterocycles. The number of hydrogen-bond acceptors (Lipinski definition) is 2. The zero-order valence-corrected chi connectivity index (χ0v) is 13.2. The molecule has 0 spiro atoms. The number of carboxylic acids is 1. The third-order valence-corrected chi connectivity index (χ3v) is 3.86. The van der Waals surface area contributed by atoms with E-state index < -0.39 is 29.0 Å². The summed E-state index contributed by atoms with van der Waals surface area (Å²) in [6.45, 7) is 0.111. The molecule has 1 N–H and O–H groups in total. The summed E-state index contributed by atoms with van der Waals surface area (Å²) in [6.07, 6.45) is 2.72. The van der Waals surface area contributed by atoms with Crippen LogP contribution in [0.3, 0.4) is 0 Å². The summed E-state index contributed by atoms with van der Waals surface area (Å²) in [6, 6.07) is 8.95. The summed E-state index contributed by atoms with van der Waals surface area (Å²) >= 11 is 0. The minimum atomic E-state index is -1.38. The Morgan fingerprint density at radius 2 is 1.92 bits per heavy atom. The Balaban J connectivity index is 2.13. The number of hydrogen-bond donors (Lipinski definition) is 1. The van der Waals surface area contributed by atoms with Crippen molar-refractivity contribution in [3.8, 4) is 6.07 Å². The third-order valence-electron chi connectivity index (χ3n) is 3.86. The fourth-order valence-corrected chi connectivity index (χ4v) is 2.67. The zero-order chi connectivity index (χ0) is 18.8. The average Bonchev–Trinajstić information content (AvgIpc) is 2.92. The molecule has 130 valence electrons. The molecule has 0 atom stereocenters. The van der Waals surface area contributed by atoms with Gasteiger partial charge in [-0.2, -0.15) is 5.26 Å². The summed E-state index contributed by atoms with van der Waals surface area (Å²) in [5.74, 6) is -3.85. The van der Waals surface area contributed by atoms with Gasteiger partial charge in [0.15, 0.2) is 11.6 Å². The van der Waals surface area contributed by atoms with E-state index in [1.807, 2.05) is 0 Å². The molecule has 0 unspecified atom stereocenters. The molecule has 0 saturated heterocycles. The van der Waals surface area contributed by atoms with E-state index in [0.717, 1.165) is 12.1 Å². The maximum Gasteiger partial charge on any atom is 0.346 e. The van der Waals surface area contributed by atoms with Crippen molar-refractivity contribution in [2.45, 2.75) is 6.54 Å². The SMILES string of the molecule is N#C/C(=C\c1cn(Cc2ccc(F)c(F)c2)c2cc(F)ccc12)C(=O)O. The number of aliphatic carboxylic acids is 1. The molecule has 0 fully saturated rings. The van der Waals surface area contributed by atoms with Crippen molar-refractivity contribution < 1.29 is 23.1 Å². The summed E-state index contributed by atoms with van der Waals surface area (Å²) in [7, 11) is 0. The van der Waals surface area contributed by atoms with Crippen molar-refractivity contribution in [2.24, 2.45) is 0 Å². The fourth-order valence-electron chi connectivity index (χ4n) is 2.67. The first-order valence-electron chi connectivity index (χ1n) is 7.46. The number of halogens is 3. The molecule has 26 heavy (non-hydrogen) atoms. The van der Waals surface area contributed by atoms with Crippen LogP contribution in [-0.4, -0.2) is 15.6 Å². The number of carbonyl (C=O) groups is 1. The molecule has 0 aliphatic rings. The van der Waals surface area contributed by atoms with Gasteiger partial charge in [0.2, 0.25) is 0 Å². The van der Waals surface area contributed by atoms with E-state index in [1.54, 1.807) is 10.6 Å². The van der Waals surface area contributed by atoms with Gasteiger partial charge in [0.1, 0.15) is 17.5 Å². The maximum absolute atomic E-state index is 13.7. The van der Waals surface area contributed by atoms with E-state index >= 15 is 0 Å². The molecular weight excluding hydrogens is 345 g/mol. The van der Waals surface area contributed by atoms with Gasteiger partial charge in [-0.05, 0) is 42.0 Å². The van der Waals surface area contributed by atoms with Crippen molar-refractivity contribution in [3.63, 3.8) is 0 Å². The standard InChI is InChI=1S/C19H11F3N2O2/c20-14-2-3-15-13(6-12(8-23)19(25)26)10-24(18(15)7-14)9-11-1-4-16(21)17(22)5-11/h1-7,10H,9H2,(H,25,26)/b12-6+. The summed E-state index contributed by atoms with van der Waals surface area (Å²) in [5, 5.41) is 18.5. The quantitative estimate of drug-likeness (QED) is 0.565. The van der Waals surface area contributed by atoms with E-state index in [9.17, 15) is 18.0 Å². The summed E-state index contributed by atoms with van der Waals surface area (Å²) in [5.41, 5.74) is 0.811. The van der Waals surface area contributed by atoms with Gasteiger partial charge in [0.25, 0.3) is 0 Å². The Morgan fingerprint density at radius 1 is 1.15 bits per heavy atom. The minimum Gasteiger partial charge on any atom is -0.477 e. The van der Waals surface area contributed by atoms with E-state index in [0.29, 0.717) is 22.0 Å². The monoisotopic (exact) mass is 356 g/mol. The molecule has 4 nitrogen and oxygen atoms in total. The second-order valence-corrected chi connectivity index (χ2v) is 5.60. The normalized spacial score (nSPS) is 11.5. The Hall–Kier alpha value is -3.53. The molecular formula is C19H11F3N2O2. The zero-order valence-electron chi connectivity index (χ0n) is 13.2. The van der Waals surface area contributed by atoms with Gasteiger partial charge in [-0.1, -0.05) is 6.07 Å². The van der Waals surface area contributed by atoms with Gasteiger partial charge in [-0.3, -0.25) is 0 Å². The Bertz CT molecular complexity index is 1090. The first kappa shape index (κ1) is 17.3. The van der Waals surface area contributed by atoms with Crippen LogP contribution in [0.25, 0.3) is 17.0 Å². The lowest BCUT2D eigenvalue weighted by molar-refractivity contribution is -0.132. The van der Waals surface area contributed by atoms with Crippen LogP contribution in [0.2, 0.25) is 0 Å². The highest BCUT2D eigenvalue weighted by molar-refractivity contribution is 6.00. The molecule has 0 amide bonds. The van der Waals surface area contributed by atoms with E-state index in [2.05, 4.69) is 0 Å². The van der Waals surface area contributed by atoms with Crippen LogP contribution >= 0.6 is 0 Å². The number of nitriles is 1. The lowest BCUT2D eigenvalue weighted by Gasteiger charge is -2.06.